The Balaban J connectivity index is 1.57. The van der Waals surface area contributed by atoms with Gasteiger partial charge in [-0.3, -0.25) is 4.79 Å². The maximum absolute atomic E-state index is 12.8. The molecule has 2 aliphatic heterocycles. The summed E-state index contributed by atoms with van der Waals surface area (Å²) in [4.78, 5) is 25.5. The van der Waals surface area contributed by atoms with E-state index in [0.717, 1.165) is 16.2 Å². The Morgan fingerprint density at radius 2 is 2.11 bits per heavy atom. The lowest BCUT2D eigenvalue weighted by Gasteiger charge is -2.22. The zero-order valence-corrected chi connectivity index (χ0v) is 16.1. The number of carbonyl (C=O) groups is 2. The molecule has 146 valence electrons. The normalized spacial score (nSPS) is 17.4. The molecule has 0 spiro atoms. The van der Waals surface area contributed by atoms with E-state index in [4.69, 9.17) is 9.47 Å². The molecule has 1 atom stereocenters. The Kier molecular flexibility index (Phi) is 5.16. The Morgan fingerprint density at radius 3 is 2.89 bits per heavy atom. The van der Waals surface area contributed by atoms with Crippen LogP contribution in [-0.2, 0) is 4.79 Å². The van der Waals surface area contributed by atoms with E-state index in [0.29, 0.717) is 24.5 Å². The number of thiophene rings is 1. The number of carbonyl (C=O) groups excluding carboxylic acids is 2. The van der Waals surface area contributed by atoms with Crippen LogP contribution in [-0.4, -0.2) is 42.5 Å². The van der Waals surface area contributed by atoms with Crippen molar-refractivity contribution in [2.24, 2.45) is 5.10 Å². The molecule has 0 bridgehead atoms. The molecular weight excluding hydrogens is 380 g/mol. The van der Waals surface area contributed by atoms with Crippen molar-refractivity contribution in [3.05, 3.63) is 46.2 Å². The van der Waals surface area contributed by atoms with Crippen molar-refractivity contribution in [2.75, 3.05) is 19.9 Å². The summed E-state index contributed by atoms with van der Waals surface area (Å²) in [6.45, 7) is 2.37. The highest BCUT2D eigenvalue weighted by Crippen LogP contribution is 2.39. The Morgan fingerprint density at radius 1 is 1.25 bits per heavy atom. The number of hydrogen-bond donors (Lipinski definition) is 2. The van der Waals surface area contributed by atoms with E-state index in [2.05, 4.69) is 15.7 Å². The van der Waals surface area contributed by atoms with Crippen LogP contribution in [0.4, 0.5) is 4.79 Å². The molecule has 0 radical (unpaired) electrons. The highest BCUT2D eigenvalue weighted by atomic mass is 32.1. The monoisotopic (exact) mass is 400 g/mol. The minimum Gasteiger partial charge on any atom is -0.454 e. The Labute approximate surface area is 166 Å². The molecule has 0 saturated heterocycles. The zero-order chi connectivity index (χ0) is 19.5. The van der Waals surface area contributed by atoms with Crippen LogP contribution in [0.25, 0.3) is 0 Å². The van der Waals surface area contributed by atoms with E-state index in [1.54, 1.807) is 11.3 Å². The van der Waals surface area contributed by atoms with E-state index in [1.165, 1.54) is 5.01 Å². The number of hydrazone groups is 1. The summed E-state index contributed by atoms with van der Waals surface area (Å²) in [5, 5.41) is 13.2. The van der Waals surface area contributed by atoms with Crippen LogP contribution in [0.15, 0.2) is 40.8 Å². The highest BCUT2D eigenvalue weighted by molar-refractivity contribution is 7.12. The van der Waals surface area contributed by atoms with Crippen molar-refractivity contribution in [2.45, 2.75) is 19.4 Å². The van der Waals surface area contributed by atoms with Crippen LogP contribution >= 0.6 is 11.3 Å². The molecule has 9 heteroatoms. The minimum atomic E-state index is -0.378. The molecule has 2 aromatic rings. The van der Waals surface area contributed by atoms with Gasteiger partial charge in [0, 0.05) is 13.0 Å². The van der Waals surface area contributed by atoms with Crippen LogP contribution in [0.3, 0.4) is 0 Å². The number of ether oxygens (including phenoxy) is 2. The zero-order valence-electron chi connectivity index (χ0n) is 15.3. The van der Waals surface area contributed by atoms with Gasteiger partial charge in [0.25, 0.3) is 5.91 Å². The average molecular weight is 400 g/mol. The topological polar surface area (TPSA) is 92.3 Å². The van der Waals surface area contributed by atoms with Gasteiger partial charge in [0.2, 0.25) is 6.79 Å². The summed E-state index contributed by atoms with van der Waals surface area (Å²) in [7, 11) is 0. The summed E-state index contributed by atoms with van der Waals surface area (Å²) < 4.78 is 10.8. The molecule has 28 heavy (non-hydrogen) atoms. The molecule has 0 aliphatic carbocycles. The van der Waals surface area contributed by atoms with Crippen LogP contribution in [0.1, 0.15) is 29.8 Å². The lowest BCUT2D eigenvalue weighted by Crippen LogP contribution is -2.42. The quantitative estimate of drug-likeness (QED) is 0.807. The lowest BCUT2D eigenvalue weighted by atomic mass is 10.0. The SMILES string of the molecule is CCNC(=O)NCC(=O)N1N=C(c2cccs2)C[C@H]1c1ccc2c(c1)OCO2. The van der Waals surface area contributed by atoms with Crippen molar-refractivity contribution in [1.82, 2.24) is 15.6 Å². The third-order valence-electron chi connectivity index (χ3n) is 4.49. The van der Waals surface area contributed by atoms with Gasteiger partial charge < -0.3 is 20.1 Å². The van der Waals surface area contributed by atoms with Gasteiger partial charge in [-0.2, -0.15) is 5.10 Å². The largest absolute Gasteiger partial charge is 0.454 e. The van der Waals surface area contributed by atoms with Gasteiger partial charge >= 0.3 is 6.03 Å². The number of rotatable bonds is 5. The first kappa shape index (κ1) is 18.3. The van der Waals surface area contributed by atoms with Crippen LogP contribution in [0.2, 0.25) is 0 Å². The van der Waals surface area contributed by atoms with Gasteiger partial charge in [-0.1, -0.05) is 12.1 Å². The molecule has 8 nitrogen and oxygen atoms in total. The molecular formula is C19H20N4O4S. The van der Waals surface area contributed by atoms with E-state index < -0.39 is 0 Å². The second-order valence-electron chi connectivity index (χ2n) is 6.31. The second kappa shape index (κ2) is 7.89. The fourth-order valence-electron chi connectivity index (χ4n) is 3.17. The fraction of sp³-hybridized carbons (Fsp3) is 0.316. The van der Waals surface area contributed by atoms with Gasteiger partial charge in [-0.05, 0) is 36.1 Å². The molecule has 0 saturated carbocycles. The standard InChI is InChI=1S/C19H20N4O4S/c1-2-20-19(25)21-10-18(24)23-14(9-13(22-23)17-4-3-7-28-17)12-5-6-15-16(8-12)27-11-26-15/h3-8,14H,2,9-11H2,1H3,(H2,20,21,25)/t14-/m0/s1. The predicted octanol–water partition coefficient (Wildman–Crippen LogP) is 2.47. The van der Waals surface area contributed by atoms with Crippen LogP contribution < -0.4 is 20.1 Å². The second-order valence-corrected chi connectivity index (χ2v) is 7.26. The van der Waals surface area contributed by atoms with Crippen molar-refractivity contribution >= 4 is 29.0 Å². The first-order chi connectivity index (χ1) is 13.7. The smallest absolute Gasteiger partial charge is 0.315 e. The summed E-state index contributed by atoms with van der Waals surface area (Å²) in [6, 6.07) is 8.95. The third kappa shape index (κ3) is 3.65. The number of hydrogen-bond acceptors (Lipinski definition) is 6. The van der Waals surface area contributed by atoms with Gasteiger partial charge in [0.05, 0.1) is 16.6 Å². The third-order valence-corrected chi connectivity index (χ3v) is 5.41. The lowest BCUT2D eigenvalue weighted by molar-refractivity contribution is -0.131. The number of nitrogens with one attached hydrogen (secondary N) is 2. The molecule has 2 aliphatic rings. The van der Waals surface area contributed by atoms with Crippen molar-refractivity contribution in [3.8, 4) is 11.5 Å². The van der Waals surface area contributed by atoms with Crippen molar-refractivity contribution < 1.29 is 19.1 Å². The highest BCUT2D eigenvalue weighted by Gasteiger charge is 2.34. The molecule has 3 amide bonds. The molecule has 3 heterocycles. The first-order valence-electron chi connectivity index (χ1n) is 9.00. The number of urea groups is 1. The van der Waals surface area contributed by atoms with Gasteiger partial charge in [0.1, 0.15) is 6.54 Å². The van der Waals surface area contributed by atoms with Crippen LogP contribution in [0.5, 0.6) is 11.5 Å². The average Bonchev–Trinajstić information content (AvgIpc) is 3.45. The van der Waals surface area contributed by atoms with Gasteiger partial charge in [-0.15, -0.1) is 11.3 Å². The van der Waals surface area contributed by atoms with Crippen LogP contribution in [0, 0.1) is 0 Å². The molecule has 1 aromatic heterocycles. The van der Waals surface area contributed by atoms with Crippen molar-refractivity contribution in [1.29, 1.82) is 0 Å². The maximum Gasteiger partial charge on any atom is 0.315 e. The number of fused-ring (bicyclic) bond motifs is 1. The number of amides is 3. The van der Waals surface area contributed by atoms with E-state index in [-0.39, 0.29) is 31.3 Å². The summed E-state index contributed by atoms with van der Waals surface area (Å²) in [5.74, 6) is 1.08. The first-order valence-corrected chi connectivity index (χ1v) is 9.88. The van der Waals surface area contributed by atoms with Gasteiger partial charge in [0.15, 0.2) is 11.5 Å². The van der Waals surface area contributed by atoms with E-state index >= 15 is 0 Å². The minimum absolute atomic E-state index is 0.131. The number of nitrogens with zero attached hydrogens (tertiary/aromatic N) is 2. The summed E-state index contributed by atoms with van der Waals surface area (Å²) in [5.41, 5.74) is 1.76. The number of benzene rings is 1. The fourth-order valence-corrected chi connectivity index (χ4v) is 3.89. The predicted molar refractivity (Wildman–Crippen MR) is 105 cm³/mol. The van der Waals surface area contributed by atoms with Crippen molar-refractivity contribution in [3.63, 3.8) is 0 Å². The maximum atomic E-state index is 12.8. The molecule has 2 N–H and O–H groups in total. The molecule has 4 rings (SSSR count). The van der Waals surface area contributed by atoms with E-state index in [1.807, 2.05) is 42.6 Å². The Hall–Kier alpha value is -3.07. The molecule has 0 fully saturated rings. The summed E-state index contributed by atoms with van der Waals surface area (Å²) in [6.07, 6.45) is 0.590. The van der Waals surface area contributed by atoms with E-state index in [9.17, 15) is 9.59 Å². The molecule has 0 unspecified atom stereocenters. The van der Waals surface area contributed by atoms with Gasteiger partial charge in [-0.25, -0.2) is 9.80 Å². The Bertz CT molecular complexity index is 913. The molecule has 1 aromatic carbocycles. The summed E-state index contributed by atoms with van der Waals surface area (Å²) >= 11 is 1.58.